The van der Waals surface area contributed by atoms with E-state index in [0.717, 1.165) is 16.7 Å². The highest BCUT2D eigenvalue weighted by atomic mass is 16.2. The second kappa shape index (κ2) is 7.77. The van der Waals surface area contributed by atoms with Crippen LogP contribution in [0.25, 0.3) is 0 Å². The lowest BCUT2D eigenvalue weighted by Crippen LogP contribution is -2.42. The third kappa shape index (κ3) is 4.69. The van der Waals surface area contributed by atoms with Crippen LogP contribution in [0.2, 0.25) is 0 Å². The minimum atomic E-state index is -0.299. The summed E-state index contributed by atoms with van der Waals surface area (Å²) in [6.45, 7) is 7.95. The zero-order valence-electron chi connectivity index (χ0n) is 14.7. The molecule has 2 aromatic carbocycles. The van der Waals surface area contributed by atoms with Crippen LogP contribution in [0.15, 0.2) is 36.4 Å². The lowest BCUT2D eigenvalue weighted by Gasteiger charge is -2.10. The molecule has 0 aromatic heterocycles. The van der Waals surface area contributed by atoms with Crippen molar-refractivity contribution < 1.29 is 9.59 Å². The third-order valence-electron chi connectivity index (χ3n) is 4.06. The zero-order valence-corrected chi connectivity index (χ0v) is 14.7. The first kappa shape index (κ1) is 17.7. The Kier molecular flexibility index (Phi) is 5.74. The topological polar surface area (TPSA) is 58.2 Å². The van der Waals surface area contributed by atoms with Crippen molar-refractivity contribution in [3.05, 3.63) is 69.8 Å². The number of nitrogens with one attached hydrogen (secondary N) is 2. The van der Waals surface area contributed by atoms with Crippen molar-refractivity contribution in [2.24, 2.45) is 0 Å². The fourth-order valence-electron chi connectivity index (χ4n) is 2.70. The molecule has 0 aliphatic rings. The summed E-state index contributed by atoms with van der Waals surface area (Å²) >= 11 is 0. The Hall–Kier alpha value is -2.62. The van der Waals surface area contributed by atoms with Crippen molar-refractivity contribution in [3.8, 4) is 0 Å². The molecule has 2 amide bonds. The summed E-state index contributed by atoms with van der Waals surface area (Å²) in [7, 11) is 0. The maximum atomic E-state index is 12.1. The molecular weight excluding hydrogens is 300 g/mol. The molecule has 126 valence electrons. The van der Waals surface area contributed by atoms with Crippen LogP contribution in [0, 0.1) is 27.7 Å². The van der Waals surface area contributed by atoms with Crippen LogP contribution in [0.1, 0.15) is 44.6 Å². The number of amides is 2. The maximum Gasteiger partial charge on any atom is 0.269 e. The van der Waals surface area contributed by atoms with E-state index in [2.05, 4.69) is 16.9 Å². The first-order chi connectivity index (χ1) is 11.4. The molecule has 2 N–H and O–H groups in total. The largest absolute Gasteiger partial charge is 0.273 e. The van der Waals surface area contributed by atoms with Gasteiger partial charge in [-0.15, -0.1) is 0 Å². The Balaban J connectivity index is 1.85. The molecule has 0 atom stereocenters. The van der Waals surface area contributed by atoms with E-state index in [4.69, 9.17) is 0 Å². The lowest BCUT2D eigenvalue weighted by molar-refractivity contribution is -0.121. The highest BCUT2D eigenvalue weighted by molar-refractivity contribution is 5.96. The molecule has 0 aliphatic carbocycles. The van der Waals surface area contributed by atoms with Gasteiger partial charge in [-0.2, -0.15) is 0 Å². The minimum Gasteiger partial charge on any atom is -0.273 e. The van der Waals surface area contributed by atoms with Gasteiger partial charge in [0.2, 0.25) is 5.91 Å². The van der Waals surface area contributed by atoms with Crippen LogP contribution >= 0.6 is 0 Å². The first-order valence-electron chi connectivity index (χ1n) is 8.09. The number of hydrazine groups is 1. The van der Waals surface area contributed by atoms with Crippen LogP contribution in [-0.2, 0) is 11.2 Å². The van der Waals surface area contributed by atoms with Gasteiger partial charge in [-0.3, -0.25) is 20.4 Å². The minimum absolute atomic E-state index is 0.201. The van der Waals surface area contributed by atoms with E-state index in [1.54, 1.807) is 6.07 Å². The van der Waals surface area contributed by atoms with Gasteiger partial charge >= 0.3 is 0 Å². The molecular formula is C20H24N2O2. The number of carbonyl (C=O) groups is 2. The average Bonchev–Trinajstić information content (AvgIpc) is 2.51. The van der Waals surface area contributed by atoms with Gasteiger partial charge in [0.15, 0.2) is 0 Å². The normalized spacial score (nSPS) is 10.3. The van der Waals surface area contributed by atoms with Gasteiger partial charge < -0.3 is 0 Å². The van der Waals surface area contributed by atoms with Crippen LogP contribution in [0.4, 0.5) is 0 Å². The molecule has 0 spiro atoms. The highest BCUT2D eigenvalue weighted by Crippen LogP contribution is 2.12. The van der Waals surface area contributed by atoms with Crippen molar-refractivity contribution in [2.45, 2.75) is 40.5 Å². The highest BCUT2D eigenvalue weighted by Gasteiger charge is 2.10. The van der Waals surface area contributed by atoms with Gasteiger partial charge in [-0.25, -0.2) is 0 Å². The summed E-state index contributed by atoms with van der Waals surface area (Å²) in [4.78, 5) is 24.1. The van der Waals surface area contributed by atoms with Gasteiger partial charge in [0.05, 0.1) is 0 Å². The van der Waals surface area contributed by atoms with Crippen LogP contribution in [0.3, 0.4) is 0 Å². The van der Waals surface area contributed by atoms with E-state index in [1.165, 1.54) is 11.1 Å². The second-order valence-electron chi connectivity index (χ2n) is 6.25. The summed E-state index contributed by atoms with van der Waals surface area (Å²) in [5, 5.41) is 0. The van der Waals surface area contributed by atoms with E-state index in [9.17, 15) is 9.59 Å². The summed E-state index contributed by atoms with van der Waals surface area (Å²) < 4.78 is 0. The summed E-state index contributed by atoms with van der Waals surface area (Å²) in [6.07, 6.45) is 0.981. The summed E-state index contributed by atoms with van der Waals surface area (Å²) in [6, 6.07) is 11.8. The molecule has 4 heteroatoms. The number of rotatable bonds is 4. The second-order valence-corrected chi connectivity index (χ2v) is 6.25. The number of aryl methyl sites for hydroxylation is 5. The molecule has 24 heavy (non-hydrogen) atoms. The van der Waals surface area contributed by atoms with Crippen molar-refractivity contribution in [1.82, 2.24) is 10.9 Å². The fourth-order valence-corrected chi connectivity index (χ4v) is 2.70. The van der Waals surface area contributed by atoms with Gasteiger partial charge in [0.1, 0.15) is 0 Å². The van der Waals surface area contributed by atoms with Crippen LogP contribution < -0.4 is 10.9 Å². The summed E-state index contributed by atoms with van der Waals surface area (Å²) in [5.41, 5.74) is 11.1. The van der Waals surface area contributed by atoms with Gasteiger partial charge in [0.25, 0.3) is 5.91 Å². The van der Waals surface area contributed by atoms with Crippen LogP contribution in [-0.4, -0.2) is 11.8 Å². The Labute approximate surface area is 143 Å². The first-order valence-corrected chi connectivity index (χ1v) is 8.09. The van der Waals surface area contributed by atoms with Crippen molar-refractivity contribution in [2.75, 3.05) is 0 Å². The molecule has 0 saturated carbocycles. The van der Waals surface area contributed by atoms with E-state index in [-0.39, 0.29) is 11.8 Å². The number of carbonyl (C=O) groups excluding carboxylic acids is 2. The van der Waals surface area contributed by atoms with Crippen molar-refractivity contribution in [1.29, 1.82) is 0 Å². The Morgan fingerprint density at radius 2 is 1.46 bits per heavy atom. The lowest BCUT2D eigenvalue weighted by atomic mass is 10.0. The quantitative estimate of drug-likeness (QED) is 0.848. The SMILES string of the molecule is Cc1ccc(CCC(=O)NNC(=O)c2ccc(C)cc2C)c(C)c1. The molecule has 0 radical (unpaired) electrons. The molecule has 0 heterocycles. The van der Waals surface area contributed by atoms with E-state index < -0.39 is 0 Å². The predicted octanol–water partition coefficient (Wildman–Crippen LogP) is 3.31. The molecule has 2 rings (SSSR count). The molecule has 0 fully saturated rings. The Morgan fingerprint density at radius 1 is 0.833 bits per heavy atom. The molecule has 0 unspecified atom stereocenters. The van der Waals surface area contributed by atoms with Crippen molar-refractivity contribution >= 4 is 11.8 Å². The maximum absolute atomic E-state index is 12.1. The van der Waals surface area contributed by atoms with Crippen molar-refractivity contribution in [3.63, 3.8) is 0 Å². The summed E-state index contributed by atoms with van der Waals surface area (Å²) in [5.74, 6) is -0.500. The van der Waals surface area contributed by atoms with Gasteiger partial charge in [-0.05, 0) is 56.9 Å². The van der Waals surface area contributed by atoms with Crippen LogP contribution in [0.5, 0.6) is 0 Å². The van der Waals surface area contributed by atoms with Gasteiger partial charge in [-0.1, -0.05) is 41.5 Å². The molecule has 0 aliphatic heterocycles. The Bertz CT molecular complexity index is 766. The zero-order chi connectivity index (χ0) is 17.7. The number of hydrogen-bond donors (Lipinski definition) is 2. The molecule has 4 nitrogen and oxygen atoms in total. The smallest absolute Gasteiger partial charge is 0.269 e. The fraction of sp³-hybridized carbons (Fsp3) is 0.300. The third-order valence-corrected chi connectivity index (χ3v) is 4.06. The molecule has 0 saturated heterocycles. The average molecular weight is 324 g/mol. The van der Waals surface area contributed by atoms with Gasteiger partial charge in [0, 0.05) is 12.0 Å². The molecule has 2 aromatic rings. The van der Waals surface area contributed by atoms with E-state index in [1.807, 2.05) is 52.0 Å². The number of benzene rings is 2. The molecule has 0 bridgehead atoms. The predicted molar refractivity (Wildman–Crippen MR) is 95.8 cm³/mol. The van der Waals surface area contributed by atoms with E-state index in [0.29, 0.717) is 18.4 Å². The number of hydrogen-bond acceptors (Lipinski definition) is 2. The monoisotopic (exact) mass is 324 g/mol. The Morgan fingerprint density at radius 3 is 2.08 bits per heavy atom. The standard InChI is InChI=1S/C20H24N2O2/c1-13-5-7-17(15(3)11-13)8-10-19(23)21-22-20(24)18-9-6-14(2)12-16(18)4/h5-7,9,11-12H,8,10H2,1-4H3,(H,21,23)(H,22,24). The van der Waals surface area contributed by atoms with E-state index >= 15 is 0 Å².